The van der Waals surface area contributed by atoms with Crippen molar-refractivity contribution in [2.45, 2.75) is 243 Å². The molecule has 0 unspecified atom stereocenters. The van der Waals surface area contributed by atoms with Crippen LogP contribution >= 0.6 is 0 Å². The second kappa shape index (κ2) is 46.5. The number of carboxylic acid groups (broad SMARTS) is 3. The number of H-pyrrole nitrogens is 1. The molecule has 0 saturated carbocycles. The zero-order chi connectivity index (χ0) is 82.8. The third-order valence-electron chi connectivity index (χ3n) is 17.6. The number of carboxylic acids is 3. The molecule has 42 heteroatoms. The largest absolute Gasteiger partial charge is 0.481 e. The second-order valence-corrected chi connectivity index (χ2v) is 29.0. The van der Waals surface area contributed by atoms with Gasteiger partial charge in [-0.15, -0.1) is 0 Å². The maximum Gasteiger partial charge on any atom is 0.326 e. The fourth-order valence-corrected chi connectivity index (χ4v) is 12.3. The van der Waals surface area contributed by atoms with Gasteiger partial charge in [0.25, 0.3) is 0 Å². The molecule has 42 nitrogen and oxygen atoms in total. The lowest BCUT2D eigenvalue weighted by molar-refractivity contribution is -0.145. The smallest absolute Gasteiger partial charge is 0.326 e. The van der Waals surface area contributed by atoms with Crippen LogP contribution in [0.25, 0.3) is 0 Å². The Bertz CT molecular complexity index is 3400. The number of aliphatic carboxylic acids is 3. The van der Waals surface area contributed by atoms with Gasteiger partial charge in [-0.3, -0.25) is 81.9 Å². The molecule has 0 aliphatic carbocycles. The average Bonchev–Trinajstić information content (AvgIpc) is 1.64. The zero-order valence-corrected chi connectivity index (χ0v) is 63.5. The summed E-state index contributed by atoms with van der Waals surface area (Å²) in [7, 11) is 0. The summed E-state index contributed by atoms with van der Waals surface area (Å²) >= 11 is 0. The van der Waals surface area contributed by atoms with Crippen LogP contribution in [0.3, 0.4) is 0 Å². The van der Waals surface area contributed by atoms with Gasteiger partial charge < -0.3 is 123 Å². The molecule has 2 saturated heterocycles. The molecule has 0 radical (unpaired) electrons. The Hall–Kier alpha value is -10.8. The van der Waals surface area contributed by atoms with E-state index in [2.05, 4.69) is 73.1 Å². The SMILES string of the molecule is CC(C)C[C@H](NC(=O)[C@@H]1CCCN1C(=O)[C@H](CC(C)C)NC(=O)[C@H](Cc1cnc[nH]1)NC(=O)[C@H](CCC(N)=O)NC(=O)[C@H](CCCN=C(N)N)NC(=O)[C@H](CC(=O)O)NC(=O)[C@H](CCCN=C(N)N)NC(=O)[C@H](CO)NC(=O)[C@@H]1CCCN1C(=O)[C@H](CC(C)C)NC(=O)[C@H](CC(C)C)NC(=O)[C@@H](N)CC(=O)O)C(=O)O. The minimum Gasteiger partial charge on any atom is -0.481 e. The Kier molecular flexibility index (Phi) is 39.5. The van der Waals surface area contributed by atoms with Crippen molar-refractivity contribution in [3.05, 3.63) is 18.2 Å². The van der Waals surface area contributed by atoms with E-state index in [1.54, 1.807) is 55.4 Å². The number of carbonyl (C=O) groups excluding carboxylic acids is 13. The maximum absolute atomic E-state index is 14.6. The lowest BCUT2D eigenvalue weighted by atomic mass is 9.99. The molecule has 13 atom stereocenters. The maximum atomic E-state index is 14.6. The molecule has 2 aliphatic rings. The number of aliphatic hydroxyl groups is 1. The van der Waals surface area contributed by atoms with E-state index in [0.717, 1.165) is 0 Å². The van der Waals surface area contributed by atoms with Crippen molar-refractivity contribution in [1.82, 2.24) is 72.9 Å². The molecule has 13 amide bonds. The highest BCUT2D eigenvalue weighted by atomic mass is 16.4. The van der Waals surface area contributed by atoms with Crippen LogP contribution in [0.4, 0.5) is 0 Å². The van der Waals surface area contributed by atoms with Crippen molar-refractivity contribution in [1.29, 1.82) is 0 Å². The monoisotopic (exact) mass is 1560 g/mol. The summed E-state index contributed by atoms with van der Waals surface area (Å²) in [6.45, 7) is 12.8. The van der Waals surface area contributed by atoms with Crippen LogP contribution in [0.5, 0.6) is 0 Å². The van der Waals surface area contributed by atoms with Crippen LogP contribution in [0.2, 0.25) is 0 Å². The number of aromatic amines is 1. The third kappa shape index (κ3) is 33.0. The van der Waals surface area contributed by atoms with Crippen LogP contribution < -0.4 is 87.6 Å². The number of nitrogens with zero attached hydrogens (tertiary/aromatic N) is 5. The molecule has 616 valence electrons. The first kappa shape index (κ1) is 93.4. The van der Waals surface area contributed by atoms with Crippen LogP contribution in [0.15, 0.2) is 22.5 Å². The summed E-state index contributed by atoms with van der Waals surface area (Å²) in [5.41, 5.74) is 33.7. The highest BCUT2D eigenvalue weighted by Crippen LogP contribution is 2.24. The van der Waals surface area contributed by atoms with Gasteiger partial charge in [-0.05, 0) is 107 Å². The fraction of sp³-hybridized carbons (Fsp3) is 0.691. The van der Waals surface area contributed by atoms with E-state index in [0.29, 0.717) is 6.42 Å². The molecule has 3 rings (SSSR count). The van der Waals surface area contributed by atoms with Gasteiger partial charge in [-0.1, -0.05) is 55.4 Å². The zero-order valence-electron chi connectivity index (χ0n) is 63.5. The van der Waals surface area contributed by atoms with Gasteiger partial charge in [0.05, 0.1) is 31.8 Å². The molecule has 0 spiro atoms. The molecule has 0 aromatic carbocycles. The van der Waals surface area contributed by atoms with E-state index < -0.39 is 206 Å². The quantitative estimate of drug-likeness (QED) is 0.0164. The highest BCUT2D eigenvalue weighted by Gasteiger charge is 2.43. The average molecular weight is 1560 g/mol. The van der Waals surface area contributed by atoms with Crippen molar-refractivity contribution in [2.75, 3.05) is 32.8 Å². The van der Waals surface area contributed by atoms with Gasteiger partial charge in [0.2, 0.25) is 76.8 Å². The molecule has 27 N–H and O–H groups in total. The number of rotatable bonds is 49. The number of aliphatic imine (C=N–C) groups is 2. The minimum atomic E-state index is -2.09. The van der Waals surface area contributed by atoms with Gasteiger partial charge in [0, 0.05) is 50.9 Å². The van der Waals surface area contributed by atoms with Crippen LogP contribution in [-0.4, -0.2) is 258 Å². The number of likely N-dealkylation sites (tertiary alicyclic amines) is 2. The summed E-state index contributed by atoms with van der Waals surface area (Å²) in [5.74, 6) is -18.5. The topological polar surface area (TPSA) is 690 Å². The Morgan fingerprint density at radius 2 is 0.836 bits per heavy atom. The predicted molar refractivity (Wildman–Crippen MR) is 394 cm³/mol. The second-order valence-electron chi connectivity index (χ2n) is 29.0. The Balaban J connectivity index is 1.97. The number of nitrogens with one attached hydrogen (secondary N) is 11. The molecular weight excluding hydrogens is 1440 g/mol. The normalized spacial score (nSPS) is 17.0. The Morgan fingerprint density at radius 1 is 0.473 bits per heavy atom. The van der Waals surface area contributed by atoms with E-state index in [9.17, 15) is 97.1 Å². The Morgan fingerprint density at radius 3 is 1.24 bits per heavy atom. The lowest BCUT2D eigenvalue weighted by Gasteiger charge is -2.31. The number of hydrogen-bond acceptors (Lipinski definition) is 21. The summed E-state index contributed by atoms with van der Waals surface area (Å²) in [5, 5.41) is 64.6. The van der Waals surface area contributed by atoms with Crippen LogP contribution in [0.1, 0.15) is 164 Å². The van der Waals surface area contributed by atoms with Crippen molar-refractivity contribution in [3.63, 3.8) is 0 Å². The minimum absolute atomic E-state index is 0.0101. The number of aliphatic hydroxyl groups excluding tert-OH is 1. The van der Waals surface area contributed by atoms with E-state index in [4.69, 9.17) is 34.4 Å². The molecule has 110 heavy (non-hydrogen) atoms. The van der Waals surface area contributed by atoms with Gasteiger partial charge in [0.15, 0.2) is 11.9 Å². The van der Waals surface area contributed by atoms with Crippen molar-refractivity contribution >= 4 is 107 Å². The summed E-state index contributed by atoms with van der Waals surface area (Å²) in [6.07, 6.45) is -0.609. The van der Waals surface area contributed by atoms with Gasteiger partial charge in [-0.2, -0.15) is 0 Å². The molecule has 0 bridgehead atoms. The van der Waals surface area contributed by atoms with Crippen LogP contribution in [0, 0.1) is 23.7 Å². The summed E-state index contributed by atoms with van der Waals surface area (Å²) in [6, 6.07) is -19.8. The van der Waals surface area contributed by atoms with Crippen molar-refractivity contribution < 1.29 is 97.1 Å². The molecule has 1 aromatic rings. The number of hydrogen-bond donors (Lipinski definition) is 21. The highest BCUT2D eigenvalue weighted by molar-refractivity contribution is 6.01. The number of imidazole rings is 1. The number of carbonyl (C=O) groups is 16. The Labute approximate surface area is 636 Å². The fourth-order valence-electron chi connectivity index (χ4n) is 12.3. The summed E-state index contributed by atoms with van der Waals surface area (Å²) in [4.78, 5) is 236. The number of guanidine groups is 2. The number of aromatic nitrogens is 2. The van der Waals surface area contributed by atoms with Crippen molar-refractivity contribution in [2.24, 2.45) is 68.1 Å². The molecular formula is C68H114N22O20. The molecule has 1 aromatic heterocycles. The first-order valence-corrected chi connectivity index (χ1v) is 36.7. The van der Waals surface area contributed by atoms with Gasteiger partial charge in [0.1, 0.15) is 72.5 Å². The van der Waals surface area contributed by atoms with E-state index in [1.807, 2.05) is 0 Å². The number of nitrogens with two attached hydrogens (primary N) is 6. The van der Waals surface area contributed by atoms with Crippen molar-refractivity contribution in [3.8, 4) is 0 Å². The van der Waals surface area contributed by atoms with E-state index in [-0.39, 0.29) is 145 Å². The molecule has 2 fully saturated rings. The standard InChI is InChI=1S/C68H114N22O20/c1-33(2)23-42(82-54(97)38(69)28-52(93)94)58(101)85-45(24-34(3)4)64(107)90-22-12-16-50(90)63(106)88-48(31-91)61(104)80-40(14-10-20-77-68(73)74)56(99)84-44(29-53(95)96)60(103)79-39(13-9-19-76-67(71)72)55(98)81-41(17-18-51(70)92)57(100)83-43(27-37-30-75-32-78-37)59(102)86-46(25-35(5)6)65(108)89-21-11-15-49(89)62(105)87-47(66(109)110)26-36(7)8/h30,32-36,38-50,91H,9-29,31,69H2,1-8H3,(H2,70,92)(H,75,78)(H,79,103)(H,80,104)(H,81,98)(H,82,97)(H,83,100)(H,84,99)(H,85,101)(H,86,102)(H,87,105)(H,88,106)(H,93,94)(H,95,96)(H,109,110)(H4,71,72,76)(H4,73,74,77)/t38-,39-,40-,41-,42-,43-,44-,45-,46-,47-,48-,49-,50-/m0/s1. The first-order chi connectivity index (χ1) is 51.6. The molecule has 3 heterocycles. The number of primary amides is 1. The third-order valence-corrected chi connectivity index (χ3v) is 17.6. The van der Waals surface area contributed by atoms with E-state index >= 15 is 0 Å². The lowest BCUT2D eigenvalue weighted by Crippen LogP contribution is -2.61. The molecule has 2 aliphatic heterocycles. The van der Waals surface area contributed by atoms with Crippen LogP contribution in [-0.2, 0) is 83.1 Å². The van der Waals surface area contributed by atoms with E-state index in [1.165, 1.54) is 22.3 Å². The number of amides is 13. The predicted octanol–water partition coefficient (Wildman–Crippen LogP) is -6.31. The first-order valence-electron chi connectivity index (χ1n) is 36.7. The van der Waals surface area contributed by atoms with Gasteiger partial charge >= 0.3 is 17.9 Å². The van der Waals surface area contributed by atoms with Gasteiger partial charge in [-0.25, -0.2) is 9.78 Å². The summed E-state index contributed by atoms with van der Waals surface area (Å²) < 4.78 is 0.